The van der Waals surface area contributed by atoms with Crippen molar-refractivity contribution < 1.29 is 0 Å². The van der Waals surface area contributed by atoms with E-state index in [9.17, 15) is 0 Å². The Hall–Kier alpha value is -5.40. The van der Waals surface area contributed by atoms with Crippen LogP contribution in [0.5, 0.6) is 0 Å². The predicted octanol–water partition coefficient (Wildman–Crippen LogP) is 12.8. The average Bonchev–Trinajstić information content (AvgIpc) is 4.00. The number of para-hydroxylation sites is 1. The third-order valence-corrected chi connectivity index (χ3v) is 11.1. The Morgan fingerprint density at radius 3 is 2.20 bits per heavy atom. The predicted molar refractivity (Wildman–Crippen MR) is 223 cm³/mol. The second-order valence-electron chi connectivity index (χ2n) is 13.3. The summed E-state index contributed by atoms with van der Waals surface area (Å²) in [6, 6.07) is 45.7. The lowest BCUT2D eigenvalue weighted by molar-refractivity contribution is 1.04. The zero-order valence-corrected chi connectivity index (χ0v) is 30.4. The van der Waals surface area contributed by atoms with E-state index in [4.69, 9.17) is 15.0 Å². The van der Waals surface area contributed by atoms with E-state index in [-0.39, 0.29) is 4.05 Å². The Balaban J connectivity index is 1.05. The Labute approximate surface area is 312 Å². The number of aromatic nitrogens is 1. The molecule has 6 aromatic rings. The number of allylic oxidation sites excluding steroid dienone is 6. The van der Waals surface area contributed by atoms with Crippen LogP contribution in [0, 0.1) is 5.92 Å². The molecule has 0 saturated heterocycles. The number of pyridine rings is 1. The summed E-state index contributed by atoms with van der Waals surface area (Å²) in [5.74, 6) is 1.26. The van der Waals surface area contributed by atoms with Crippen LogP contribution in [0.3, 0.4) is 0 Å². The van der Waals surface area contributed by atoms with E-state index in [2.05, 4.69) is 186 Å². The van der Waals surface area contributed by atoms with Crippen molar-refractivity contribution in [2.45, 2.75) is 23.3 Å². The SMILES string of the molecule is C/C=C1/C=CC=C/C1=N/C(I)c1ccc(N(c2ccc(-c3ccc4c(c3)[C@H]3CC3C=N4)cc2)c2ccc(-c3ccc4ccccc4n3)cc2)cc1. The third kappa shape index (κ3) is 6.27. The number of fused-ring (bicyclic) bond motifs is 4. The van der Waals surface area contributed by atoms with Crippen LogP contribution in [-0.4, -0.2) is 16.9 Å². The van der Waals surface area contributed by atoms with Crippen LogP contribution in [0.2, 0.25) is 0 Å². The molecule has 0 radical (unpaired) electrons. The second kappa shape index (κ2) is 13.4. The fourth-order valence-electron chi connectivity index (χ4n) is 7.15. The van der Waals surface area contributed by atoms with Crippen LogP contribution < -0.4 is 4.90 Å². The highest BCUT2D eigenvalue weighted by molar-refractivity contribution is 14.1. The monoisotopic (exact) mass is 770 g/mol. The summed E-state index contributed by atoms with van der Waals surface area (Å²) in [7, 11) is 0. The Kier molecular flexibility index (Phi) is 8.28. The molecule has 0 N–H and O–H groups in total. The number of benzene rings is 5. The molecule has 1 aliphatic heterocycles. The van der Waals surface area contributed by atoms with Gasteiger partial charge in [0.05, 0.1) is 22.6 Å². The van der Waals surface area contributed by atoms with Gasteiger partial charge in [-0.15, -0.1) is 0 Å². The van der Waals surface area contributed by atoms with Gasteiger partial charge in [-0.3, -0.25) is 9.98 Å². The topological polar surface area (TPSA) is 40.9 Å². The zero-order chi connectivity index (χ0) is 34.3. The minimum absolute atomic E-state index is 0.00699. The van der Waals surface area contributed by atoms with Crippen molar-refractivity contribution in [1.82, 2.24) is 4.98 Å². The highest BCUT2D eigenvalue weighted by atomic mass is 127. The first kappa shape index (κ1) is 31.6. The second-order valence-corrected chi connectivity index (χ2v) is 14.5. The first-order chi connectivity index (χ1) is 25.1. The van der Waals surface area contributed by atoms with E-state index in [1.807, 2.05) is 12.1 Å². The lowest BCUT2D eigenvalue weighted by Gasteiger charge is -2.26. The maximum absolute atomic E-state index is 5.05. The van der Waals surface area contributed by atoms with E-state index in [1.54, 1.807) is 0 Å². The minimum Gasteiger partial charge on any atom is -0.311 e. The summed E-state index contributed by atoms with van der Waals surface area (Å²) in [5.41, 5.74) is 14.6. The number of anilines is 3. The molecule has 5 heteroatoms. The normalized spacial score (nSPS) is 19.3. The van der Waals surface area contributed by atoms with E-state index in [0.29, 0.717) is 11.8 Å². The molecule has 246 valence electrons. The third-order valence-electron chi connectivity index (χ3n) is 10.1. The van der Waals surface area contributed by atoms with Crippen molar-refractivity contribution in [3.8, 4) is 22.4 Å². The van der Waals surface area contributed by atoms with Crippen molar-refractivity contribution in [3.05, 3.63) is 174 Å². The van der Waals surface area contributed by atoms with Gasteiger partial charge in [-0.1, -0.05) is 114 Å². The Morgan fingerprint density at radius 1 is 0.745 bits per heavy atom. The van der Waals surface area contributed by atoms with Gasteiger partial charge in [0.1, 0.15) is 4.05 Å². The maximum atomic E-state index is 5.05. The number of halogens is 1. The van der Waals surface area contributed by atoms with Crippen LogP contribution in [0.25, 0.3) is 33.3 Å². The van der Waals surface area contributed by atoms with Crippen molar-refractivity contribution in [1.29, 1.82) is 0 Å². The number of hydrogen-bond acceptors (Lipinski definition) is 4. The molecule has 5 aromatic carbocycles. The smallest absolute Gasteiger partial charge is 0.127 e. The van der Waals surface area contributed by atoms with Crippen LogP contribution in [0.1, 0.15) is 34.4 Å². The van der Waals surface area contributed by atoms with Crippen molar-refractivity contribution in [2.75, 3.05) is 4.90 Å². The molecule has 1 fully saturated rings. The van der Waals surface area contributed by atoms with Crippen molar-refractivity contribution in [2.24, 2.45) is 15.9 Å². The van der Waals surface area contributed by atoms with Gasteiger partial charge >= 0.3 is 0 Å². The summed E-state index contributed by atoms with van der Waals surface area (Å²) < 4.78 is -0.00699. The zero-order valence-electron chi connectivity index (χ0n) is 28.2. The molecule has 0 spiro atoms. The summed E-state index contributed by atoms with van der Waals surface area (Å²) in [4.78, 5) is 17.0. The van der Waals surface area contributed by atoms with Crippen LogP contribution in [0.15, 0.2) is 173 Å². The number of rotatable bonds is 7. The number of alkyl halides is 1. The van der Waals surface area contributed by atoms with Gasteiger partial charge in [-0.2, -0.15) is 0 Å². The Bertz CT molecular complexity index is 2420. The summed E-state index contributed by atoms with van der Waals surface area (Å²) >= 11 is 2.43. The lowest BCUT2D eigenvalue weighted by atomic mass is 9.97. The summed E-state index contributed by atoms with van der Waals surface area (Å²) in [6.07, 6.45) is 13.8. The molecule has 2 heterocycles. The van der Waals surface area contributed by atoms with Gasteiger partial charge in [-0.05, 0) is 114 Å². The maximum Gasteiger partial charge on any atom is 0.127 e. The fourth-order valence-corrected chi connectivity index (χ4v) is 7.86. The quantitative estimate of drug-likeness (QED) is 0.0921. The Morgan fingerprint density at radius 2 is 1.43 bits per heavy atom. The molecule has 4 nitrogen and oxygen atoms in total. The van der Waals surface area contributed by atoms with Gasteiger partial charge in [0.25, 0.3) is 0 Å². The van der Waals surface area contributed by atoms with Gasteiger partial charge in [0.15, 0.2) is 0 Å². The van der Waals surface area contributed by atoms with Crippen LogP contribution in [-0.2, 0) is 0 Å². The molecule has 0 amide bonds. The van der Waals surface area contributed by atoms with E-state index < -0.39 is 0 Å². The fraction of sp³-hybridized carbons (Fsp3) is 0.109. The van der Waals surface area contributed by atoms with Crippen molar-refractivity contribution >= 4 is 68.2 Å². The summed E-state index contributed by atoms with van der Waals surface area (Å²) in [6.45, 7) is 2.06. The van der Waals surface area contributed by atoms with Gasteiger partial charge in [0.2, 0.25) is 0 Å². The molecule has 1 saturated carbocycles. The molecule has 1 aromatic heterocycles. The minimum atomic E-state index is -0.00699. The molecule has 9 rings (SSSR count). The largest absolute Gasteiger partial charge is 0.311 e. The van der Waals surface area contributed by atoms with Crippen LogP contribution >= 0.6 is 22.6 Å². The average molecular weight is 771 g/mol. The van der Waals surface area contributed by atoms with Crippen molar-refractivity contribution in [3.63, 3.8) is 0 Å². The lowest BCUT2D eigenvalue weighted by Crippen LogP contribution is -2.10. The van der Waals surface area contributed by atoms with E-state index in [1.165, 1.54) is 23.1 Å². The van der Waals surface area contributed by atoms with Gasteiger partial charge in [0, 0.05) is 40.1 Å². The van der Waals surface area contributed by atoms with E-state index >= 15 is 0 Å². The molecule has 3 atom stereocenters. The molecular weight excluding hydrogens is 735 g/mol. The molecule has 3 aliphatic rings. The van der Waals surface area contributed by atoms with Gasteiger partial charge < -0.3 is 4.90 Å². The first-order valence-corrected chi connectivity index (χ1v) is 18.7. The highest BCUT2D eigenvalue weighted by Gasteiger charge is 2.40. The molecular formula is C46H35IN4. The molecule has 0 bridgehead atoms. The molecule has 2 unspecified atom stereocenters. The number of nitrogens with zero attached hydrogens (tertiary/aromatic N) is 4. The first-order valence-electron chi connectivity index (χ1n) is 17.5. The van der Waals surface area contributed by atoms with Gasteiger partial charge in [-0.25, -0.2) is 4.98 Å². The highest BCUT2D eigenvalue weighted by Crippen LogP contribution is 2.53. The molecule has 2 aliphatic carbocycles. The standard InChI is InChI=1S/C46H35IN4/c1-2-30-7-3-5-9-42(30)50-46(47)34-15-23-39(24-16-34)51(38-21-13-33(14-22-38)44-25-17-32-8-4-6-10-43(32)49-44)37-19-11-31(12-20-37)35-18-26-45-41(27-35)40-28-36(40)29-48-45/h2-27,29,36,40,46H,28H2,1H3/b30-2-,50-42-/t36?,40-,46?/m0/s1. The van der Waals surface area contributed by atoms with E-state index in [0.717, 1.165) is 61.8 Å². The summed E-state index contributed by atoms with van der Waals surface area (Å²) in [5, 5.41) is 1.14. The number of hydrogen-bond donors (Lipinski definition) is 0. The van der Waals surface area contributed by atoms with Crippen LogP contribution in [0.4, 0.5) is 22.7 Å². The molecule has 51 heavy (non-hydrogen) atoms. The number of aliphatic imine (C=N–C) groups is 2.